The number of nitrogens with one attached hydrogen (secondary N) is 2. The highest BCUT2D eigenvalue weighted by Gasteiger charge is 2.23. The molecule has 0 aliphatic rings. The zero-order valence-electron chi connectivity index (χ0n) is 16.3. The molecule has 1 aromatic carbocycles. The molecule has 16 heteroatoms. The quantitative estimate of drug-likeness (QED) is 0.134. The smallest absolute Gasteiger partial charge is 0.322 e. The lowest BCUT2D eigenvalue weighted by Crippen LogP contribution is -2.49. The molecule has 2 amide bonds. The number of rotatable bonds is 13. The van der Waals surface area contributed by atoms with Gasteiger partial charge in [-0.05, 0) is 24.6 Å². The molecule has 0 bridgehead atoms. The number of aliphatic carboxylic acids is 2. The number of hydrogen-bond donors (Lipinski definition) is 7. The fourth-order valence-corrected chi connectivity index (χ4v) is 3.25. The van der Waals surface area contributed by atoms with Crippen molar-refractivity contribution in [3.8, 4) is 0 Å². The van der Waals surface area contributed by atoms with Crippen molar-refractivity contribution in [1.29, 1.82) is 0 Å². The number of hydrogen-bond acceptors (Lipinski definition) is 12. The number of nitrogens with two attached hydrogens (primary N) is 1. The highest BCUT2D eigenvalue weighted by molar-refractivity contribution is 7.99. The molecule has 2 atom stereocenters. The molecule has 178 valence electrons. The second kappa shape index (κ2) is 12.6. The van der Waals surface area contributed by atoms with E-state index in [9.17, 15) is 40.0 Å². The molecule has 2 unspecified atom stereocenters. The van der Waals surface area contributed by atoms with Crippen LogP contribution in [-0.2, 0) is 19.2 Å². The van der Waals surface area contributed by atoms with E-state index in [4.69, 9.17) is 15.9 Å². The minimum Gasteiger partial charge on any atom is -0.769 e. The molecule has 8 N–H and O–H groups in total. The predicted molar refractivity (Wildman–Crippen MR) is 110 cm³/mol. The summed E-state index contributed by atoms with van der Waals surface area (Å²) in [7, 11) is 0. The molecule has 0 aliphatic heterocycles. The topological polar surface area (TPSA) is 252 Å². The Kier molecular flexibility index (Phi) is 10.6. The molecule has 0 aromatic heterocycles. The van der Waals surface area contributed by atoms with Crippen molar-refractivity contribution in [3.63, 3.8) is 0 Å². The van der Waals surface area contributed by atoms with Crippen molar-refractivity contribution < 1.29 is 39.8 Å². The number of carboxylic acids is 2. The first-order valence-corrected chi connectivity index (χ1v) is 9.77. The van der Waals surface area contributed by atoms with E-state index in [0.717, 1.165) is 23.9 Å². The van der Waals surface area contributed by atoms with E-state index < -0.39 is 53.3 Å². The third-order valence-corrected chi connectivity index (χ3v) is 5.00. The van der Waals surface area contributed by atoms with Gasteiger partial charge in [-0.3, -0.25) is 29.6 Å². The first kappa shape index (κ1) is 26.9. The highest BCUT2D eigenvalue weighted by atomic mass is 32.2. The van der Waals surface area contributed by atoms with Gasteiger partial charge in [-0.15, -0.1) is 17.0 Å². The van der Waals surface area contributed by atoms with Gasteiger partial charge in [0.15, 0.2) is 0 Å². The molecule has 32 heavy (non-hydrogen) atoms. The Morgan fingerprint density at radius 2 is 1.81 bits per heavy atom. The van der Waals surface area contributed by atoms with Crippen LogP contribution in [0.15, 0.2) is 23.1 Å². The van der Waals surface area contributed by atoms with E-state index in [2.05, 4.69) is 10.6 Å². The standard InChI is InChI=1S/C16H21N5O10S/c17-9(16(26)27)2-4-13(22)19-10(15(25)18-6-14(23)24)7-32-12-3-1-8(20(28)29)5-11(12)21(30)31/h1,3,5,9-10,30-31H,2,4,6-7,17H2,(H,18,25)(H,19,22)(H,23,24)(H,26,27)/q-2. The Balaban J connectivity index is 2.94. The van der Waals surface area contributed by atoms with Crippen molar-refractivity contribution >= 4 is 46.9 Å². The largest absolute Gasteiger partial charge is 0.769 e. The molecule has 0 fully saturated rings. The summed E-state index contributed by atoms with van der Waals surface area (Å²) < 4.78 is 0. The van der Waals surface area contributed by atoms with Gasteiger partial charge in [-0.2, -0.15) is 0 Å². The van der Waals surface area contributed by atoms with E-state index in [1.807, 2.05) is 0 Å². The summed E-state index contributed by atoms with van der Waals surface area (Å²) in [6, 6.07) is 0.547. The number of amides is 2. The van der Waals surface area contributed by atoms with Gasteiger partial charge < -0.3 is 42.2 Å². The average molecular weight is 475 g/mol. The summed E-state index contributed by atoms with van der Waals surface area (Å²) in [6.07, 6.45) is -0.543. The van der Waals surface area contributed by atoms with Crippen LogP contribution in [0, 0.1) is 10.4 Å². The number of carbonyl (C=O) groups is 4. The van der Waals surface area contributed by atoms with Gasteiger partial charge >= 0.3 is 11.9 Å². The third-order valence-electron chi connectivity index (χ3n) is 3.84. The molecule has 0 heterocycles. The van der Waals surface area contributed by atoms with Crippen LogP contribution in [0.1, 0.15) is 12.8 Å². The Morgan fingerprint density at radius 3 is 2.34 bits per heavy atom. The zero-order chi connectivity index (χ0) is 24.4. The lowest BCUT2D eigenvalue weighted by Gasteiger charge is -2.38. The first-order chi connectivity index (χ1) is 14.9. The molecular formula is C16H21N5O10S-2. The van der Waals surface area contributed by atoms with Crippen LogP contribution < -0.4 is 26.8 Å². The summed E-state index contributed by atoms with van der Waals surface area (Å²) in [5.74, 6) is -4.48. The third kappa shape index (κ3) is 8.92. The summed E-state index contributed by atoms with van der Waals surface area (Å²) >= 11 is 0.812. The molecule has 0 saturated carbocycles. The van der Waals surface area contributed by atoms with Crippen molar-refractivity contribution in [3.05, 3.63) is 28.6 Å². The monoisotopic (exact) mass is 475 g/mol. The van der Waals surface area contributed by atoms with E-state index >= 15 is 0 Å². The van der Waals surface area contributed by atoms with E-state index in [1.54, 1.807) is 0 Å². The first-order valence-electron chi connectivity index (χ1n) is 8.78. The van der Waals surface area contributed by atoms with Crippen molar-refractivity contribution in [2.45, 2.75) is 29.8 Å². The molecule has 0 radical (unpaired) electrons. The molecule has 1 aromatic rings. The van der Waals surface area contributed by atoms with Crippen LogP contribution in [0.5, 0.6) is 0 Å². The van der Waals surface area contributed by atoms with Gasteiger partial charge in [-0.1, -0.05) is 0 Å². The van der Waals surface area contributed by atoms with Crippen LogP contribution in [0.25, 0.3) is 0 Å². The van der Waals surface area contributed by atoms with Gasteiger partial charge in [-0.25, -0.2) is 0 Å². The second-order valence-corrected chi connectivity index (χ2v) is 7.29. The number of thioether (sulfide) groups is 1. The van der Waals surface area contributed by atoms with Crippen LogP contribution in [0.2, 0.25) is 0 Å². The van der Waals surface area contributed by atoms with Gasteiger partial charge in [0.25, 0.3) is 0 Å². The highest BCUT2D eigenvalue weighted by Crippen LogP contribution is 2.33. The number of carbonyl (C=O) groups excluding carboxylic acids is 2. The van der Waals surface area contributed by atoms with Gasteiger partial charge in [0.1, 0.15) is 24.3 Å². The minimum absolute atomic E-state index is 0.0961. The maximum atomic E-state index is 12.3. The van der Waals surface area contributed by atoms with Gasteiger partial charge in [0.05, 0.1) is 0 Å². The number of carboxylic acid groups (broad SMARTS) is 2. The Labute approximate surface area is 184 Å². The van der Waals surface area contributed by atoms with Crippen molar-refractivity contribution in [2.24, 2.45) is 5.73 Å². The normalized spacial score (nSPS) is 12.4. The van der Waals surface area contributed by atoms with E-state index in [1.165, 1.54) is 6.07 Å². The summed E-state index contributed by atoms with van der Waals surface area (Å²) in [5.41, 5.74) is 4.52. The maximum Gasteiger partial charge on any atom is 0.322 e. The SMILES string of the molecule is NC(CCC(=O)NC(CSc1ccc(N([O-])[O-])cc1N(O)O)C(=O)NCC(=O)O)C(=O)O. The van der Waals surface area contributed by atoms with Crippen LogP contribution in [-0.4, -0.2) is 68.8 Å². The fraction of sp³-hybridized carbons (Fsp3) is 0.375. The zero-order valence-corrected chi connectivity index (χ0v) is 17.2. The van der Waals surface area contributed by atoms with Crippen LogP contribution >= 0.6 is 11.8 Å². The Morgan fingerprint density at radius 1 is 1.16 bits per heavy atom. The molecule has 1 rings (SSSR count). The Hall–Kier alpha value is -3.15. The number of nitrogens with zero attached hydrogens (tertiary/aromatic N) is 2. The van der Waals surface area contributed by atoms with Gasteiger partial charge in [0, 0.05) is 22.8 Å². The maximum absolute atomic E-state index is 12.3. The number of benzene rings is 1. The molecule has 0 saturated heterocycles. The van der Waals surface area contributed by atoms with Crippen LogP contribution in [0.3, 0.4) is 0 Å². The lowest BCUT2D eigenvalue weighted by molar-refractivity contribution is -0.139. The Bertz CT molecular complexity index is 837. The van der Waals surface area contributed by atoms with Gasteiger partial charge in [0.2, 0.25) is 11.8 Å². The molecular weight excluding hydrogens is 454 g/mol. The summed E-state index contributed by atoms with van der Waals surface area (Å²) in [5, 5.41) is 61.1. The van der Waals surface area contributed by atoms with Crippen molar-refractivity contribution in [2.75, 3.05) is 22.8 Å². The fourth-order valence-electron chi connectivity index (χ4n) is 2.22. The number of anilines is 2. The molecule has 0 aliphatic carbocycles. The van der Waals surface area contributed by atoms with E-state index in [0.29, 0.717) is 0 Å². The van der Waals surface area contributed by atoms with E-state index in [-0.39, 0.29) is 34.4 Å². The second-order valence-electron chi connectivity index (χ2n) is 6.22. The van der Waals surface area contributed by atoms with Crippen molar-refractivity contribution in [1.82, 2.24) is 10.6 Å². The minimum atomic E-state index is -1.34. The predicted octanol–water partition coefficient (Wildman–Crippen LogP) is -0.957. The molecule has 0 spiro atoms. The van der Waals surface area contributed by atoms with Crippen LogP contribution in [0.4, 0.5) is 11.4 Å². The lowest BCUT2D eigenvalue weighted by atomic mass is 10.1. The summed E-state index contributed by atoms with van der Waals surface area (Å²) in [4.78, 5) is 45.9. The summed E-state index contributed by atoms with van der Waals surface area (Å²) in [6.45, 7) is -0.733. The average Bonchev–Trinajstić information content (AvgIpc) is 2.72. The molecule has 15 nitrogen and oxygen atoms in total.